The Labute approximate surface area is 142 Å². The van der Waals surface area contributed by atoms with Crippen LogP contribution in [-0.2, 0) is 11.2 Å². The Hall–Kier alpha value is -2.53. The summed E-state index contributed by atoms with van der Waals surface area (Å²) in [4.78, 5) is 10.9. The van der Waals surface area contributed by atoms with E-state index in [-0.39, 0.29) is 17.7 Å². The first-order valence-corrected chi connectivity index (χ1v) is 7.92. The number of benzene rings is 2. The smallest absolute Gasteiger partial charge is 0.216 e. The van der Waals surface area contributed by atoms with Crippen LogP contribution in [0.1, 0.15) is 23.6 Å². The summed E-state index contributed by atoms with van der Waals surface area (Å²) in [6.45, 7) is 5.92. The lowest BCUT2D eigenvalue weighted by Gasteiger charge is -2.16. The van der Waals surface area contributed by atoms with Gasteiger partial charge >= 0.3 is 0 Å². The molecule has 128 valence electrons. The third-order valence-electron chi connectivity index (χ3n) is 3.69. The molecule has 2 aromatic rings. The molecule has 0 spiro atoms. The minimum Gasteiger partial charge on any atom is -0.508 e. The number of nitrogens with two attached hydrogens (primary N) is 1. The van der Waals surface area contributed by atoms with Crippen molar-refractivity contribution in [2.75, 3.05) is 6.54 Å². The fourth-order valence-electron chi connectivity index (χ4n) is 2.60. The molecule has 4 N–H and O–H groups in total. The molecule has 0 fully saturated rings. The number of hydrogen-bond donors (Lipinski definition) is 3. The molecule has 1 atom stereocenters. The summed E-state index contributed by atoms with van der Waals surface area (Å²) in [5.41, 5.74) is 9.21. The van der Waals surface area contributed by atoms with Crippen LogP contribution in [0, 0.1) is 13.8 Å². The Morgan fingerprint density at radius 3 is 2.33 bits per heavy atom. The molecule has 1 amide bonds. The number of phenols is 1. The number of carbonyl (C=O) groups excluding carboxylic acids is 1. The van der Waals surface area contributed by atoms with E-state index in [1.807, 2.05) is 13.8 Å². The van der Waals surface area contributed by atoms with Crippen LogP contribution in [0.25, 0.3) is 0 Å². The van der Waals surface area contributed by atoms with Crippen molar-refractivity contribution in [3.05, 3.63) is 53.1 Å². The second-order valence-corrected chi connectivity index (χ2v) is 6.06. The molecule has 5 heteroatoms. The largest absolute Gasteiger partial charge is 0.508 e. The van der Waals surface area contributed by atoms with Gasteiger partial charge in [0.25, 0.3) is 0 Å². The van der Waals surface area contributed by atoms with E-state index >= 15 is 0 Å². The van der Waals surface area contributed by atoms with Gasteiger partial charge in [-0.05, 0) is 61.2 Å². The third kappa shape index (κ3) is 4.99. The SMILES string of the molecule is CC(=O)NCC(N)Cc1cc(C)c(Oc2ccc(O)cc2)c(C)c1. The van der Waals surface area contributed by atoms with Gasteiger partial charge in [0, 0.05) is 19.5 Å². The van der Waals surface area contributed by atoms with Crippen molar-refractivity contribution in [2.45, 2.75) is 33.2 Å². The van der Waals surface area contributed by atoms with Gasteiger partial charge in [-0.2, -0.15) is 0 Å². The second kappa shape index (κ2) is 7.84. The molecule has 0 aliphatic heterocycles. The molecule has 2 aromatic carbocycles. The van der Waals surface area contributed by atoms with Crippen molar-refractivity contribution in [3.63, 3.8) is 0 Å². The summed E-state index contributed by atoms with van der Waals surface area (Å²) in [7, 11) is 0. The Morgan fingerprint density at radius 2 is 1.79 bits per heavy atom. The van der Waals surface area contributed by atoms with Gasteiger partial charge in [0.2, 0.25) is 5.91 Å². The van der Waals surface area contributed by atoms with Crippen molar-refractivity contribution in [1.29, 1.82) is 0 Å². The highest BCUT2D eigenvalue weighted by atomic mass is 16.5. The van der Waals surface area contributed by atoms with Crippen LogP contribution in [0.4, 0.5) is 0 Å². The molecule has 0 aliphatic rings. The molecular formula is C19H24N2O3. The molecule has 1 unspecified atom stereocenters. The number of ether oxygens (including phenoxy) is 1. The highest BCUT2D eigenvalue weighted by Gasteiger charge is 2.11. The van der Waals surface area contributed by atoms with Crippen molar-refractivity contribution in [2.24, 2.45) is 5.73 Å². The van der Waals surface area contributed by atoms with E-state index in [1.165, 1.54) is 6.92 Å². The van der Waals surface area contributed by atoms with Gasteiger partial charge in [-0.3, -0.25) is 4.79 Å². The molecule has 0 bridgehead atoms. The number of aryl methyl sites for hydroxylation is 2. The lowest BCUT2D eigenvalue weighted by molar-refractivity contribution is -0.119. The quantitative estimate of drug-likeness (QED) is 0.761. The van der Waals surface area contributed by atoms with Crippen LogP contribution in [0.3, 0.4) is 0 Å². The first kappa shape index (κ1) is 17.8. The standard InChI is InChI=1S/C19H24N2O3/c1-12-8-15(10-16(20)11-21-14(3)22)9-13(2)19(12)24-18-6-4-17(23)5-7-18/h4-9,16,23H,10-11,20H2,1-3H3,(H,21,22). The van der Waals surface area contributed by atoms with Gasteiger partial charge in [0.1, 0.15) is 17.2 Å². The average molecular weight is 328 g/mol. The predicted octanol–water partition coefficient (Wildman–Crippen LogP) is 2.81. The summed E-state index contributed by atoms with van der Waals surface area (Å²) in [6, 6.07) is 10.6. The summed E-state index contributed by atoms with van der Waals surface area (Å²) < 4.78 is 5.93. The van der Waals surface area contributed by atoms with E-state index in [4.69, 9.17) is 10.5 Å². The third-order valence-corrected chi connectivity index (χ3v) is 3.69. The normalized spacial score (nSPS) is 11.8. The number of nitrogens with one attached hydrogen (secondary N) is 1. The number of aromatic hydroxyl groups is 1. The first-order valence-electron chi connectivity index (χ1n) is 7.92. The zero-order valence-corrected chi connectivity index (χ0v) is 14.3. The van der Waals surface area contributed by atoms with E-state index in [0.29, 0.717) is 18.7 Å². The molecule has 2 rings (SSSR count). The molecule has 0 saturated heterocycles. The van der Waals surface area contributed by atoms with Gasteiger partial charge in [0.05, 0.1) is 0 Å². The predicted molar refractivity (Wildman–Crippen MR) is 94.5 cm³/mol. The molecule has 0 aliphatic carbocycles. The van der Waals surface area contributed by atoms with Crippen LogP contribution < -0.4 is 15.8 Å². The Morgan fingerprint density at radius 1 is 1.21 bits per heavy atom. The van der Waals surface area contributed by atoms with Gasteiger partial charge in [-0.15, -0.1) is 0 Å². The minimum absolute atomic E-state index is 0.0737. The minimum atomic E-state index is -0.128. The number of rotatable bonds is 6. The zero-order chi connectivity index (χ0) is 17.7. The first-order chi connectivity index (χ1) is 11.3. The van der Waals surface area contributed by atoms with Crippen LogP contribution in [0.15, 0.2) is 36.4 Å². The summed E-state index contributed by atoms with van der Waals surface area (Å²) in [5.74, 6) is 1.61. The molecular weight excluding hydrogens is 304 g/mol. The second-order valence-electron chi connectivity index (χ2n) is 6.06. The van der Waals surface area contributed by atoms with Gasteiger partial charge in [-0.25, -0.2) is 0 Å². The average Bonchev–Trinajstić information content (AvgIpc) is 2.51. The van der Waals surface area contributed by atoms with E-state index in [0.717, 1.165) is 22.4 Å². The molecule has 0 heterocycles. The molecule has 24 heavy (non-hydrogen) atoms. The fourth-order valence-corrected chi connectivity index (χ4v) is 2.60. The maximum Gasteiger partial charge on any atom is 0.216 e. The maximum atomic E-state index is 10.9. The monoisotopic (exact) mass is 328 g/mol. The van der Waals surface area contributed by atoms with Gasteiger partial charge in [0.15, 0.2) is 0 Å². The van der Waals surface area contributed by atoms with Crippen molar-refractivity contribution >= 4 is 5.91 Å². The summed E-state index contributed by atoms with van der Waals surface area (Å²) in [5, 5.41) is 12.1. The Kier molecular flexibility index (Phi) is 5.82. The topological polar surface area (TPSA) is 84.6 Å². The van der Waals surface area contributed by atoms with E-state index in [1.54, 1.807) is 24.3 Å². The van der Waals surface area contributed by atoms with Crippen LogP contribution >= 0.6 is 0 Å². The highest BCUT2D eigenvalue weighted by molar-refractivity contribution is 5.72. The van der Waals surface area contributed by atoms with Gasteiger partial charge < -0.3 is 20.9 Å². The maximum absolute atomic E-state index is 10.9. The molecule has 5 nitrogen and oxygen atoms in total. The van der Waals surface area contributed by atoms with Crippen molar-refractivity contribution in [3.8, 4) is 17.2 Å². The summed E-state index contributed by atoms with van der Waals surface area (Å²) in [6.07, 6.45) is 0.682. The lowest BCUT2D eigenvalue weighted by atomic mass is 10.0. The lowest BCUT2D eigenvalue weighted by Crippen LogP contribution is -2.37. The highest BCUT2D eigenvalue weighted by Crippen LogP contribution is 2.30. The zero-order valence-electron chi connectivity index (χ0n) is 14.3. The number of carbonyl (C=O) groups is 1. The van der Waals surface area contributed by atoms with E-state index < -0.39 is 0 Å². The van der Waals surface area contributed by atoms with E-state index in [2.05, 4.69) is 17.4 Å². The number of hydrogen-bond acceptors (Lipinski definition) is 4. The van der Waals surface area contributed by atoms with Crippen LogP contribution in [0.5, 0.6) is 17.2 Å². The molecule has 0 aromatic heterocycles. The van der Waals surface area contributed by atoms with E-state index in [9.17, 15) is 9.90 Å². The number of phenolic OH excluding ortho intramolecular Hbond substituents is 1. The fraction of sp³-hybridized carbons (Fsp3) is 0.316. The molecule has 0 radical (unpaired) electrons. The Balaban J connectivity index is 2.10. The van der Waals surface area contributed by atoms with Crippen LogP contribution in [0.2, 0.25) is 0 Å². The molecule has 0 saturated carbocycles. The van der Waals surface area contributed by atoms with Gasteiger partial charge in [-0.1, -0.05) is 12.1 Å². The van der Waals surface area contributed by atoms with Crippen molar-refractivity contribution < 1.29 is 14.6 Å². The summed E-state index contributed by atoms with van der Waals surface area (Å²) >= 11 is 0. The Bertz CT molecular complexity index is 688. The van der Waals surface area contributed by atoms with Crippen molar-refractivity contribution in [1.82, 2.24) is 5.32 Å². The van der Waals surface area contributed by atoms with Crippen LogP contribution in [-0.4, -0.2) is 23.6 Å². The number of amides is 1.